The molecule has 2 aromatic rings. The van der Waals surface area contributed by atoms with Crippen LogP contribution in [0.25, 0.3) is 11.0 Å². The van der Waals surface area contributed by atoms with E-state index < -0.39 is 0 Å². The van der Waals surface area contributed by atoms with E-state index in [1.54, 1.807) is 0 Å². The first kappa shape index (κ1) is 11.1. The van der Waals surface area contributed by atoms with Gasteiger partial charge >= 0.3 is 0 Å². The summed E-state index contributed by atoms with van der Waals surface area (Å²) in [4.78, 5) is 4.68. The van der Waals surface area contributed by atoms with Crippen molar-refractivity contribution in [2.75, 3.05) is 6.54 Å². The lowest BCUT2D eigenvalue weighted by Crippen LogP contribution is -2.04. The van der Waals surface area contributed by atoms with Crippen LogP contribution >= 0.6 is 0 Å². The zero-order valence-corrected chi connectivity index (χ0v) is 10.2. The van der Waals surface area contributed by atoms with Crippen LogP contribution in [-0.4, -0.2) is 16.1 Å². The van der Waals surface area contributed by atoms with E-state index >= 15 is 0 Å². The van der Waals surface area contributed by atoms with Crippen LogP contribution in [0.4, 0.5) is 0 Å². The standard InChI is InChI=1S/C13H19N3/c1-9-7-10(2)13-11(8-9)15-12(16(13)3)5-4-6-14/h7-8H,4-6,14H2,1-3H3. The lowest BCUT2D eigenvalue weighted by Gasteiger charge is -2.03. The van der Waals surface area contributed by atoms with Crippen LogP contribution in [-0.2, 0) is 13.5 Å². The summed E-state index contributed by atoms with van der Waals surface area (Å²) >= 11 is 0. The number of nitrogens with two attached hydrogens (primary N) is 1. The van der Waals surface area contributed by atoms with Crippen LogP contribution in [0.2, 0.25) is 0 Å². The van der Waals surface area contributed by atoms with Gasteiger partial charge in [0.2, 0.25) is 0 Å². The molecule has 0 aliphatic carbocycles. The molecule has 0 bridgehead atoms. The second-order valence-corrected chi connectivity index (χ2v) is 4.43. The van der Waals surface area contributed by atoms with Crippen LogP contribution < -0.4 is 5.73 Å². The fourth-order valence-corrected chi connectivity index (χ4v) is 2.29. The molecule has 0 unspecified atom stereocenters. The molecule has 0 spiro atoms. The third-order valence-electron chi connectivity index (χ3n) is 3.00. The van der Waals surface area contributed by atoms with Gasteiger partial charge in [-0.25, -0.2) is 4.98 Å². The van der Waals surface area contributed by atoms with E-state index in [2.05, 4.69) is 42.6 Å². The maximum Gasteiger partial charge on any atom is 0.109 e. The predicted octanol–water partition coefficient (Wildman–Crippen LogP) is 2.08. The third kappa shape index (κ3) is 1.83. The van der Waals surface area contributed by atoms with Crippen molar-refractivity contribution in [2.24, 2.45) is 12.8 Å². The molecule has 1 heterocycles. The van der Waals surface area contributed by atoms with Crippen LogP contribution in [0.5, 0.6) is 0 Å². The van der Waals surface area contributed by atoms with Gasteiger partial charge in [-0.2, -0.15) is 0 Å². The fourth-order valence-electron chi connectivity index (χ4n) is 2.29. The first-order valence-corrected chi connectivity index (χ1v) is 5.76. The summed E-state index contributed by atoms with van der Waals surface area (Å²) in [5, 5.41) is 0. The number of fused-ring (bicyclic) bond motifs is 1. The van der Waals surface area contributed by atoms with Gasteiger partial charge in [0.15, 0.2) is 0 Å². The fraction of sp³-hybridized carbons (Fsp3) is 0.462. The van der Waals surface area contributed by atoms with Gasteiger partial charge in [-0.3, -0.25) is 0 Å². The quantitative estimate of drug-likeness (QED) is 0.855. The Hall–Kier alpha value is -1.35. The van der Waals surface area contributed by atoms with Gasteiger partial charge in [0.1, 0.15) is 5.82 Å². The molecule has 0 amide bonds. The topological polar surface area (TPSA) is 43.8 Å². The summed E-state index contributed by atoms with van der Waals surface area (Å²) in [7, 11) is 2.09. The summed E-state index contributed by atoms with van der Waals surface area (Å²) in [6, 6.07) is 4.35. The Balaban J connectivity index is 2.54. The van der Waals surface area contributed by atoms with E-state index in [0.29, 0.717) is 0 Å². The molecular weight excluding hydrogens is 198 g/mol. The second-order valence-electron chi connectivity index (χ2n) is 4.43. The summed E-state index contributed by atoms with van der Waals surface area (Å²) in [5.41, 5.74) is 10.5. The molecule has 1 aromatic heterocycles. The van der Waals surface area contributed by atoms with Crippen LogP contribution in [0.15, 0.2) is 12.1 Å². The molecule has 0 saturated carbocycles. The van der Waals surface area contributed by atoms with Gasteiger partial charge in [0.25, 0.3) is 0 Å². The van der Waals surface area contributed by atoms with E-state index in [0.717, 1.165) is 30.7 Å². The number of benzene rings is 1. The highest BCUT2D eigenvalue weighted by molar-refractivity contribution is 5.80. The van der Waals surface area contributed by atoms with Gasteiger partial charge in [0, 0.05) is 13.5 Å². The smallest absolute Gasteiger partial charge is 0.109 e. The number of hydrogen-bond donors (Lipinski definition) is 1. The normalized spacial score (nSPS) is 11.2. The van der Waals surface area contributed by atoms with Gasteiger partial charge < -0.3 is 10.3 Å². The number of hydrogen-bond acceptors (Lipinski definition) is 2. The minimum atomic E-state index is 0.723. The molecule has 0 saturated heterocycles. The molecule has 2 rings (SSSR count). The van der Waals surface area contributed by atoms with Gasteiger partial charge in [-0.1, -0.05) is 6.07 Å². The highest BCUT2D eigenvalue weighted by atomic mass is 15.1. The Morgan fingerprint density at radius 2 is 2.06 bits per heavy atom. The molecule has 0 atom stereocenters. The SMILES string of the molecule is Cc1cc(C)c2c(c1)nc(CCCN)n2C. The predicted molar refractivity (Wildman–Crippen MR) is 67.6 cm³/mol. The average Bonchev–Trinajstić information content (AvgIpc) is 2.52. The second kappa shape index (κ2) is 4.26. The third-order valence-corrected chi connectivity index (χ3v) is 3.00. The molecule has 1 aromatic carbocycles. The van der Waals surface area contributed by atoms with E-state index in [1.807, 2.05) is 0 Å². The summed E-state index contributed by atoms with van der Waals surface area (Å²) < 4.78 is 2.19. The van der Waals surface area contributed by atoms with Crippen molar-refractivity contribution in [3.05, 3.63) is 29.1 Å². The molecule has 0 aliphatic heterocycles. The van der Waals surface area contributed by atoms with E-state index in [4.69, 9.17) is 5.73 Å². The molecule has 3 heteroatoms. The Bertz CT molecular complexity index is 511. The van der Waals surface area contributed by atoms with Crippen molar-refractivity contribution in [2.45, 2.75) is 26.7 Å². The maximum atomic E-state index is 5.54. The van der Waals surface area contributed by atoms with E-state index in [9.17, 15) is 0 Å². The Labute approximate surface area is 96.3 Å². The molecular formula is C13H19N3. The first-order valence-electron chi connectivity index (χ1n) is 5.76. The monoisotopic (exact) mass is 217 g/mol. The molecule has 0 fully saturated rings. The lowest BCUT2D eigenvalue weighted by molar-refractivity contribution is 0.740. The summed E-state index contributed by atoms with van der Waals surface area (Å²) in [5.74, 6) is 1.13. The number of aromatic nitrogens is 2. The van der Waals surface area contributed by atoms with Crippen molar-refractivity contribution in [3.8, 4) is 0 Å². The minimum absolute atomic E-state index is 0.723. The van der Waals surface area contributed by atoms with Crippen molar-refractivity contribution < 1.29 is 0 Å². The summed E-state index contributed by atoms with van der Waals surface area (Å²) in [6.45, 7) is 4.98. The largest absolute Gasteiger partial charge is 0.331 e. The molecule has 86 valence electrons. The summed E-state index contributed by atoms with van der Waals surface area (Å²) in [6.07, 6.45) is 1.95. The first-order chi connectivity index (χ1) is 7.63. The average molecular weight is 217 g/mol. The number of rotatable bonds is 3. The Kier molecular flexibility index (Phi) is 2.97. The zero-order chi connectivity index (χ0) is 11.7. The molecule has 0 aliphatic rings. The molecule has 2 N–H and O–H groups in total. The Morgan fingerprint density at radius 1 is 1.31 bits per heavy atom. The number of nitrogens with zero attached hydrogens (tertiary/aromatic N) is 2. The Morgan fingerprint density at radius 3 is 2.75 bits per heavy atom. The van der Waals surface area contributed by atoms with Crippen molar-refractivity contribution >= 4 is 11.0 Å². The van der Waals surface area contributed by atoms with Gasteiger partial charge in [0.05, 0.1) is 11.0 Å². The van der Waals surface area contributed by atoms with Crippen molar-refractivity contribution in [3.63, 3.8) is 0 Å². The number of imidazole rings is 1. The van der Waals surface area contributed by atoms with E-state index in [-0.39, 0.29) is 0 Å². The van der Waals surface area contributed by atoms with Gasteiger partial charge in [-0.15, -0.1) is 0 Å². The van der Waals surface area contributed by atoms with E-state index in [1.165, 1.54) is 16.6 Å². The molecule has 3 nitrogen and oxygen atoms in total. The maximum absolute atomic E-state index is 5.54. The number of aryl methyl sites for hydroxylation is 4. The molecule has 16 heavy (non-hydrogen) atoms. The highest BCUT2D eigenvalue weighted by Gasteiger charge is 2.09. The van der Waals surface area contributed by atoms with Crippen molar-refractivity contribution in [1.82, 2.24) is 9.55 Å². The zero-order valence-electron chi connectivity index (χ0n) is 10.2. The lowest BCUT2D eigenvalue weighted by atomic mass is 10.1. The minimum Gasteiger partial charge on any atom is -0.331 e. The highest BCUT2D eigenvalue weighted by Crippen LogP contribution is 2.21. The van der Waals surface area contributed by atoms with Crippen LogP contribution in [0, 0.1) is 13.8 Å². The van der Waals surface area contributed by atoms with Crippen LogP contribution in [0.1, 0.15) is 23.4 Å². The van der Waals surface area contributed by atoms with Gasteiger partial charge in [-0.05, 0) is 44.0 Å². The molecule has 0 radical (unpaired) electrons. The van der Waals surface area contributed by atoms with Crippen molar-refractivity contribution in [1.29, 1.82) is 0 Å². The van der Waals surface area contributed by atoms with Crippen LogP contribution in [0.3, 0.4) is 0 Å².